The third-order valence-electron chi connectivity index (χ3n) is 3.41. The van der Waals surface area contributed by atoms with Crippen molar-refractivity contribution in [2.24, 2.45) is 0 Å². The zero-order valence-corrected chi connectivity index (χ0v) is 11.1. The van der Waals surface area contributed by atoms with Crippen LogP contribution in [0.2, 0.25) is 0 Å². The SMILES string of the molecule is O=S1(=O)CCC(S(=O)(=O)N2CC[C@H](O)C2)CC1. The van der Waals surface area contributed by atoms with Gasteiger partial charge in [0.15, 0.2) is 0 Å². The van der Waals surface area contributed by atoms with Gasteiger partial charge in [-0.1, -0.05) is 0 Å². The Hall–Kier alpha value is -0.180. The first-order chi connectivity index (χ1) is 7.81. The molecule has 8 heteroatoms. The molecular formula is C9H17NO5S2. The largest absolute Gasteiger partial charge is 0.392 e. The molecule has 2 rings (SSSR count). The fourth-order valence-electron chi connectivity index (χ4n) is 2.32. The second-order valence-electron chi connectivity index (χ2n) is 4.70. The summed E-state index contributed by atoms with van der Waals surface area (Å²) in [6.07, 6.45) is 0.232. The zero-order valence-electron chi connectivity index (χ0n) is 9.45. The van der Waals surface area contributed by atoms with Crippen molar-refractivity contribution < 1.29 is 21.9 Å². The van der Waals surface area contributed by atoms with Gasteiger partial charge >= 0.3 is 0 Å². The average molecular weight is 283 g/mol. The van der Waals surface area contributed by atoms with Crippen LogP contribution in [0, 0.1) is 0 Å². The van der Waals surface area contributed by atoms with Crippen molar-refractivity contribution in [1.29, 1.82) is 0 Å². The van der Waals surface area contributed by atoms with Crippen molar-refractivity contribution >= 4 is 19.9 Å². The molecule has 2 saturated heterocycles. The Bertz CT molecular complexity index is 470. The van der Waals surface area contributed by atoms with E-state index in [1.165, 1.54) is 4.31 Å². The Morgan fingerprint density at radius 3 is 2.18 bits per heavy atom. The Balaban J connectivity index is 2.07. The predicted molar refractivity (Wildman–Crippen MR) is 62.8 cm³/mol. The molecule has 0 bridgehead atoms. The molecule has 1 atom stereocenters. The quantitative estimate of drug-likeness (QED) is 0.699. The van der Waals surface area contributed by atoms with Crippen LogP contribution in [0.1, 0.15) is 19.3 Å². The molecule has 0 aromatic rings. The van der Waals surface area contributed by atoms with Crippen LogP contribution in [0.15, 0.2) is 0 Å². The summed E-state index contributed by atoms with van der Waals surface area (Å²) in [5.74, 6) is -0.0966. The fraction of sp³-hybridized carbons (Fsp3) is 1.00. The predicted octanol–water partition coefficient (Wildman–Crippen LogP) is -1.04. The second kappa shape index (κ2) is 4.49. The normalized spacial score (nSPS) is 31.7. The molecule has 0 aromatic carbocycles. The molecule has 6 nitrogen and oxygen atoms in total. The fourth-order valence-corrected chi connectivity index (χ4v) is 6.10. The molecule has 1 N–H and O–H groups in total. The summed E-state index contributed by atoms with van der Waals surface area (Å²) in [6.45, 7) is 0.484. The molecule has 2 fully saturated rings. The topological polar surface area (TPSA) is 91.8 Å². The molecule has 100 valence electrons. The highest BCUT2D eigenvalue weighted by Crippen LogP contribution is 2.25. The zero-order chi connectivity index (χ0) is 12.7. The third kappa shape index (κ3) is 2.81. The molecular weight excluding hydrogens is 266 g/mol. The summed E-state index contributed by atoms with van der Waals surface area (Å²) in [6, 6.07) is 0. The molecule has 2 heterocycles. The van der Waals surface area contributed by atoms with E-state index in [-0.39, 0.29) is 30.9 Å². The second-order valence-corrected chi connectivity index (χ2v) is 9.21. The lowest BCUT2D eigenvalue weighted by Crippen LogP contribution is -2.41. The molecule has 2 aliphatic rings. The van der Waals surface area contributed by atoms with E-state index in [1.54, 1.807) is 0 Å². The maximum Gasteiger partial charge on any atom is 0.217 e. The first kappa shape index (κ1) is 13.3. The van der Waals surface area contributed by atoms with Crippen molar-refractivity contribution in [3.63, 3.8) is 0 Å². The van der Waals surface area contributed by atoms with E-state index >= 15 is 0 Å². The number of aliphatic hydroxyl groups excluding tert-OH is 1. The van der Waals surface area contributed by atoms with E-state index in [2.05, 4.69) is 0 Å². The number of hydrogen-bond donors (Lipinski definition) is 1. The van der Waals surface area contributed by atoms with Crippen molar-refractivity contribution in [2.45, 2.75) is 30.6 Å². The van der Waals surface area contributed by atoms with Gasteiger partial charge in [-0.15, -0.1) is 0 Å². The van der Waals surface area contributed by atoms with E-state index < -0.39 is 31.2 Å². The van der Waals surface area contributed by atoms with Crippen molar-refractivity contribution in [3.8, 4) is 0 Å². The summed E-state index contributed by atoms with van der Waals surface area (Å²) in [4.78, 5) is 0. The van der Waals surface area contributed by atoms with Gasteiger partial charge in [-0.25, -0.2) is 16.8 Å². The van der Waals surface area contributed by atoms with Gasteiger partial charge in [0.25, 0.3) is 0 Å². The molecule has 0 aromatic heterocycles. The van der Waals surface area contributed by atoms with Crippen LogP contribution >= 0.6 is 0 Å². The van der Waals surface area contributed by atoms with E-state index in [9.17, 15) is 21.9 Å². The van der Waals surface area contributed by atoms with Crippen molar-refractivity contribution in [3.05, 3.63) is 0 Å². The molecule has 0 spiro atoms. The van der Waals surface area contributed by atoms with Crippen LogP contribution in [0.25, 0.3) is 0 Å². The Kier molecular flexibility index (Phi) is 3.50. The Labute approximate surface area is 102 Å². The van der Waals surface area contributed by atoms with Gasteiger partial charge in [0.1, 0.15) is 9.84 Å². The van der Waals surface area contributed by atoms with Gasteiger partial charge in [0.05, 0.1) is 22.9 Å². The average Bonchev–Trinajstić information content (AvgIpc) is 2.65. The number of β-amino-alcohol motifs (C(OH)–C–C–N with tert-alkyl or cyclic N) is 1. The summed E-state index contributed by atoms with van der Waals surface area (Å²) >= 11 is 0. The van der Waals surface area contributed by atoms with Gasteiger partial charge < -0.3 is 5.11 Å². The third-order valence-corrected chi connectivity index (χ3v) is 7.49. The Morgan fingerprint density at radius 1 is 1.12 bits per heavy atom. The summed E-state index contributed by atoms with van der Waals surface area (Å²) in [5, 5.41) is 8.74. The maximum atomic E-state index is 12.2. The summed E-state index contributed by atoms with van der Waals surface area (Å²) in [5.41, 5.74) is 0. The van der Waals surface area contributed by atoms with Gasteiger partial charge in [-0.05, 0) is 19.3 Å². The number of hydrogen-bond acceptors (Lipinski definition) is 5. The highest BCUT2D eigenvalue weighted by molar-refractivity contribution is 7.92. The molecule has 0 radical (unpaired) electrons. The first-order valence-corrected chi connectivity index (χ1v) is 9.01. The Morgan fingerprint density at radius 2 is 1.71 bits per heavy atom. The van der Waals surface area contributed by atoms with Gasteiger partial charge in [-0.3, -0.25) is 0 Å². The van der Waals surface area contributed by atoms with Crippen molar-refractivity contribution in [1.82, 2.24) is 4.31 Å². The lowest BCUT2D eigenvalue weighted by Gasteiger charge is -2.26. The minimum absolute atomic E-state index is 0.0483. The van der Waals surface area contributed by atoms with Crippen LogP contribution in [-0.4, -0.2) is 62.2 Å². The lowest BCUT2D eigenvalue weighted by molar-refractivity contribution is 0.189. The number of aliphatic hydroxyl groups is 1. The number of sulfonamides is 1. The van der Waals surface area contributed by atoms with Crippen LogP contribution in [-0.2, 0) is 19.9 Å². The molecule has 0 aliphatic carbocycles. The maximum absolute atomic E-state index is 12.2. The highest BCUT2D eigenvalue weighted by Gasteiger charge is 2.39. The van der Waals surface area contributed by atoms with Crippen LogP contribution in [0.5, 0.6) is 0 Å². The molecule has 0 saturated carbocycles. The standard InChI is InChI=1S/C9H17NO5S2/c11-8-1-4-10(7-8)17(14,15)9-2-5-16(12,13)6-3-9/h8-9,11H,1-7H2/t8-/m0/s1. The molecule has 2 aliphatic heterocycles. The minimum atomic E-state index is -3.44. The number of sulfone groups is 1. The van der Waals surface area contributed by atoms with E-state index in [4.69, 9.17) is 0 Å². The number of nitrogens with zero attached hydrogens (tertiary/aromatic N) is 1. The summed E-state index contributed by atoms with van der Waals surface area (Å²) in [7, 11) is -6.48. The molecule has 0 unspecified atom stereocenters. The number of rotatable bonds is 2. The molecule has 0 amide bonds. The molecule has 17 heavy (non-hydrogen) atoms. The van der Waals surface area contributed by atoms with Crippen LogP contribution in [0.4, 0.5) is 0 Å². The van der Waals surface area contributed by atoms with Gasteiger partial charge in [0.2, 0.25) is 10.0 Å². The first-order valence-electron chi connectivity index (χ1n) is 5.69. The van der Waals surface area contributed by atoms with Gasteiger partial charge in [0, 0.05) is 13.1 Å². The van der Waals surface area contributed by atoms with E-state index in [0.29, 0.717) is 13.0 Å². The van der Waals surface area contributed by atoms with E-state index in [1.807, 2.05) is 0 Å². The minimum Gasteiger partial charge on any atom is -0.392 e. The monoisotopic (exact) mass is 283 g/mol. The van der Waals surface area contributed by atoms with Crippen LogP contribution in [0.3, 0.4) is 0 Å². The van der Waals surface area contributed by atoms with Crippen molar-refractivity contribution in [2.75, 3.05) is 24.6 Å². The smallest absolute Gasteiger partial charge is 0.217 e. The van der Waals surface area contributed by atoms with Crippen LogP contribution < -0.4 is 0 Å². The lowest BCUT2D eigenvalue weighted by atomic mass is 10.2. The van der Waals surface area contributed by atoms with E-state index in [0.717, 1.165) is 0 Å². The summed E-state index contributed by atoms with van der Waals surface area (Å²) < 4.78 is 48.1. The van der Waals surface area contributed by atoms with Gasteiger partial charge in [-0.2, -0.15) is 4.31 Å². The highest BCUT2D eigenvalue weighted by atomic mass is 32.2.